The van der Waals surface area contributed by atoms with Gasteiger partial charge < -0.3 is 0 Å². The van der Waals surface area contributed by atoms with Crippen molar-refractivity contribution in [3.05, 3.63) is 151 Å². The van der Waals surface area contributed by atoms with Crippen LogP contribution in [0.25, 0.3) is 75.7 Å². The molecule has 0 amide bonds. The number of benzene rings is 7. The second-order valence-corrected chi connectivity index (χ2v) is 13.4. The maximum absolute atomic E-state index is 4.99. The quantitative estimate of drug-likeness (QED) is 0.190. The largest absolute Gasteiger partial charge is 0.236 e. The number of hydrogen-bond donors (Lipinski definition) is 0. The molecule has 9 rings (SSSR count). The molecule has 44 heavy (non-hydrogen) atoms. The third-order valence-electron chi connectivity index (χ3n) is 9.48. The first-order chi connectivity index (χ1) is 21.6. The van der Waals surface area contributed by atoms with Crippen molar-refractivity contribution in [1.29, 1.82) is 0 Å². The predicted octanol–water partition coefficient (Wildman–Crippen LogP) is 11.9. The van der Waals surface area contributed by atoms with Crippen molar-refractivity contribution in [3.63, 3.8) is 0 Å². The second kappa shape index (κ2) is 9.47. The van der Waals surface area contributed by atoms with Gasteiger partial charge in [0.25, 0.3) is 0 Å². The van der Waals surface area contributed by atoms with E-state index in [4.69, 9.17) is 4.98 Å². The topological polar surface area (TPSA) is 12.9 Å². The number of thiazole rings is 1. The van der Waals surface area contributed by atoms with Crippen LogP contribution in [-0.4, -0.2) is 4.98 Å². The van der Waals surface area contributed by atoms with E-state index >= 15 is 0 Å². The fourth-order valence-corrected chi connectivity index (χ4v) is 8.33. The summed E-state index contributed by atoms with van der Waals surface area (Å²) >= 11 is 1.77. The SMILES string of the molecule is CC1(C)c2cc(-c3nc4ccccc4s3)ccc2-c2cc3c(-c4ccccc4)c4ccccc4c(-c4ccccc4)c3cc21. The summed E-state index contributed by atoms with van der Waals surface area (Å²) in [4.78, 5) is 4.99. The lowest BCUT2D eigenvalue weighted by atomic mass is 9.79. The summed E-state index contributed by atoms with van der Waals surface area (Å²) in [5.74, 6) is 0. The van der Waals surface area contributed by atoms with Gasteiger partial charge in [-0.2, -0.15) is 0 Å². The van der Waals surface area contributed by atoms with Crippen LogP contribution in [0.4, 0.5) is 0 Å². The zero-order valence-corrected chi connectivity index (χ0v) is 25.5. The van der Waals surface area contributed by atoms with Gasteiger partial charge in [-0.25, -0.2) is 4.98 Å². The minimum Gasteiger partial charge on any atom is -0.236 e. The Labute approximate surface area is 261 Å². The standard InChI is InChI=1S/C42H29NS/c1-42(2)35-23-28(41-43-37-19-11-12-20-38(37)44-41)21-22-29(35)32-24-33-34(25-36(32)42)40(27-15-7-4-8-16-27)31-18-10-9-17-30(31)39(33)26-13-5-3-6-14-26/h3-25H,1-2H3. The Kier molecular flexibility index (Phi) is 5.48. The third-order valence-corrected chi connectivity index (χ3v) is 10.6. The first-order valence-corrected chi connectivity index (χ1v) is 16.0. The fourth-order valence-electron chi connectivity index (χ4n) is 7.36. The van der Waals surface area contributed by atoms with Gasteiger partial charge in [0.1, 0.15) is 5.01 Å². The summed E-state index contributed by atoms with van der Waals surface area (Å²) in [6.45, 7) is 4.76. The van der Waals surface area contributed by atoms with Crippen molar-refractivity contribution in [2.45, 2.75) is 19.3 Å². The van der Waals surface area contributed by atoms with Gasteiger partial charge in [0.05, 0.1) is 10.2 Å². The molecule has 1 aromatic heterocycles. The molecule has 8 aromatic rings. The van der Waals surface area contributed by atoms with Crippen molar-refractivity contribution in [3.8, 4) is 44.0 Å². The van der Waals surface area contributed by atoms with Gasteiger partial charge >= 0.3 is 0 Å². The zero-order chi connectivity index (χ0) is 29.4. The molecule has 1 heterocycles. The van der Waals surface area contributed by atoms with Gasteiger partial charge in [-0.05, 0) is 96.4 Å². The highest BCUT2D eigenvalue weighted by molar-refractivity contribution is 7.21. The Morgan fingerprint density at radius 1 is 0.477 bits per heavy atom. The molecule has 0 radical (unpaired) electrons. The van der Waals surface area contributed by atoms with E-state index < -0.39 is 0 Å². The average Bonchev–Trinajstić information content (AvgIpc) is 3.60. The Morgan fingerprint density at radius 2 is 1.05 bits per heavy atom. The van der Waals surface area contributed by atoms with Crippen LogP contribution in [0.2, 0.25) is 0 Å². The van der Waals surface area contributed by atoms with Crippen molar-refractivity contribution in [2.75, 3.05) is 0 Å². The molecule has 0 atom stereocenters. The monoisotopic (exact) mass is 579 g/mol. The molecule has 0 aliphatic heterocycles. The molecule has 0 bridgehead atoms. The lowest BCUT2D eigenvalue weighted by Gasteiger charge is -2.24. The highest BCUT2D eigenvalue weighted by Gasteiger charge is 2.37. The van der Waals surface area contributed by atoms with E-state index in [1.807, 2.05) is 0 Å². The van der Waals surface area contributed by atoms with Crippen LogP contribution in [0.3, 0.4) is 0 Å². The van der Waals surface area contributed by atoms with Crippen LogP contribution in [0.5, 0.6) is 0 Å². The van der Waals surface area contributed by atoms with E-state index in [-0.39, 0.29) is 5.41 Å². The van der Waals surface area contributed by atoms with Crippen molar-refractivity contribution < 1.29 is 0 Å². The number of fused-ring (bicyclic) bond motifs is 6. The molecule has 1 aliphatic carbocycles. The summed E-state index contributed by atoms with van der Waals surface area (Å²) in [7, 11) is 0. The molecule has 0 spiro atoms. The van der Waals surface area contributed by atoms with Gasteiger partial charge in [-0.3, -0.25) is 0 Å². The van der Waals surface area contributed by atoms with Gasteiger partial charge in [-0.15, -0.1) is 11.3 Å². The number of hydrogen-bond acceptors (Lipinski definition) is 2. The van der Waals surface area contributed by atoms with Gasteiger partial charge in [-0.1, -0.05) is 123 Å². The van der Waals surface area contributed by atoms with E-state index in [1.54, 1.807) is 11.3 Å². The van der Waals surface area contributed by atoms with Crippen molar-refractivity contribution in [1.82, 2.24) is 4.98 Å². The minimum absolute atomic E-state index is 0.155. The zero-order valence-electron chi connectivity index (χ0n) is 24.6. The Morgan fingerprint density at radius 3 is 1.70 bits per heavy atom. The van der Waals surface area contributed by atoms with Crippen LogP contribution < -0.4 is 0 Å². The highest BCUT2D eigenvalue weighted by Crippen LogP contribution is 2.54. The van der Waals surface area contributed by atoms with Crippen LogP contribution in [-0.2, 0) is 5.41 Å². The maximum Gasteiger partial charge on any atom is 0.124 e. The number of rotatable bonds is 3. The van der Waals surface area contributed by atoms with Crippen LogP contribution in [0.15, 0.2) is 140 Å². The smallest absolute Gasteiger partial charge is 0.124 e. The minimum atomic E-state index is -0.155. The molecule has 7 aromatic carbocycles. The molecule has 0 N–H and O–H groups in total. The van der Waals surface area contributed by atoms with Crippen molar-refractivity contribution >= 4 is 43.1 Å². The first-order valence-electron chi connectivity index (χ1n) is 15.2. The number of para-hydroxylation sites is 1. The molecule has 0 unspecified atom stereocenters. The molecule has 0 fully saturated rings. The van der Waals surface area contributed by atoms with E-state index in [9.17, 15) is 0 Å². The predicted molar refractivity (Wildman–Crippen MR) is 189 cm³/mol. The molecule has 0 saturated heterocycles. The Balaban J connectivity index is 1.36. The summed E-state index contributed by atoms with van der Waals surface area (Å²) in [6.07, 6.45) is 0. The molecule has 0 saturated carbocycles. The summed E-state index contributed by atoms with van der Waals surface area (Å²) < 4.78 is 1.23. The van der Waals surface area contributed by atoms with Crippen molar-refractivity contribution in [2.24, 2.45) is 0 Å². The van der Waals surface area contributed by atoms with Gasteiger partial charge in [0, 0.05) is 11.0 Å². The first kappa shape index (κ1) is 25.4. The van der Waals surface area contributed by atoms with Crippen LogP contribution in [0.1, 0.15) is 25.0 Å². The third kappa shape index (κ3) is 3.68. The molecular weight excluding hydrogens is 551 g/mol. The summed E-state index contributed by atoms with van der Waals surface area (Å²) in [5, 5.41) is 6.26. The molecule has 2 heteroatoms. The Hall–Kier alpha value is -5.05. The normalized spacial score (nSPS) is 13.4. The number of aromatic nitrogens is 1. The molecule has 1 nitrogen and oxygen atoms in total. The summed E-state index contributed by atoms with van der Waals surface area (Å²) in [5.41, 5.74) is 12.6. The highest BCUT2D eigenvalue weighted by atomic mass is 32.1. The second-order valence-electron chi connectivity index (χ2n) is 12.3. The molecule has 208 valence electrons. The van der Waals surface area contributed by atoms with E-state index in [2.05, 4.69) is 153 Å². The lowest BCUT2D eigenvalue weighted by Crippen LogP contribution is -2.15. The molecular formula is C42H29NS. The average molecular weight is 580 g/mol. The fraction of sp³-hybridized carbons (Fsp3) is 0.0714. The molecule has 1 aliphatic rings. The number of nitrogens with zero attached hydrogens (tertiary/aromatic N) is 1. The van der Waals surface area contributed by atoms with E-state index in [1.165, 1.54) is 76.3 Å². The van der Waals surface area contributed by atoms with Crippen LogP contribution in [0, 0.1) is 0 Å². The Bertz CT molecular complexity index is 2360. The maximum atomic E-state index is 4.99. The van der Waals surface area contributed by atoms with E-state index in [0.29, 0.717) is 0 Å². The summed E-state index contributed by atoms with van der Waals surface area (Å²) in [6, 6.07) is 51.1. The van der Waals surface area contributed by atoms with Crippen LogP contribution >= 0.6 is 11.3 Å². The lowest BCUT2D eigenvalue weighted by molar-refractivity contribution is 0.661. The van der Waals surface area contributed by atoms with Gasteiger partial charge in [0.15, 0.2) is 0 Å². The van der Waals surface area contributed by atoms with Gasteiger partial charge in [0.2, 0.25) is 0 Å². The van der Waals surface area contributed by atoms with E-state index in [0.717, 1.165) is 10.5 Å².